The summed E-state index contributed by atoms with van der Waals surface area (Å²) in [5.74, 6) is 0. The zero-order valence-corrected chi connectivity index (χ0v) is 9.75. The summed E-state index contributed by atoms with van der Waals surface area (Å²) in [5, 5.41) is 8.65. The minimum atomic E-state index is 0.503. The van der Waals surface area contributed by atoms with Crippen molar-refractivity contribution in [1.82, 2.24) is 4.90 Å². The standard InChI is InChI=1S/C13H18N2/c1-4-15(8-7-14)10-13-6-5-11(2)12(3)9-13/h5-6,9H,4,8,10H2,1-3H3. The van der Waals surface area contributed by atoms with E-state index in [9.17, 15) is 0 Å². The first-order chi connectivity index (χ1) is 7.17. The van der Waals surface area contributed by atoms with Crippen LogP contribution in [0.3, 0.4) is 0 Å². The van der Waals surface area contributed by atoms with Crippen molar-refractivity contribution in [2.45, 2.75) is 27.3 Å². The van der Waals surface area contributed by atoms with Gasteiger partial charge in [0.1, 0.15) is 0 Å². The minimum Gasteiger partial charge on any atom is -0.287 e. The Morgan fingerprint density at radius 1 is 1.27 bits per heavy atom. The molecule has 1 rings (SSSR count). The predicted octanol–water partition coefficient (Wildman–Crippen LogP) is 2.65. The van der Waals surface area contributed by atoms with Crippen LogP contribution < -0.4 is 0 Å². The molecule has 80 valence electrons. The number of aryl methyl sites for hydroxylation is 2. The lowest BCUT2D eigenvalue weighted by Gasteiger charge is -2.17. The SMILES string of the molecule is CCN(CC#N)Cc1ccc(C)c(C)c1. The van der Waals surface area contributed by atoms with Crippen LogP contribution in [0.25, 0.3) is 0 Å². The smallest absolute Gasteiger partial charge is 0.0868 e. The number of nitrogens with zero attached hydrogens (tertiary/aromatic N) is 2. The molecular formula is C13H18N2. The van der Waals surface area contributed by atoms with Gasteiger partial charge in [-0.15, -0.1) is 0 Å². The van der Waals surface area contributed by atoms with Crippen LogP contribution in [0.4, 0.5) is 0 Å². The van der Waals surface area contributed by atoms with Crippen molar-refractivity contribution in [3.05, 3.63) is 34.9 Å². The zero-order valence-electron chi connectivity index (χ0n) is 9.75. The molecule has 1 aromatic carbocycles. The molecule has 0 saturated heterocycles. The lowest BCUT2D eigenvalue weighted by atomic mass is 10.1. The van der Waals surface area contributed by atoms with Gasteiger partial charge in [-0.05, 0) is 37.1 Å². The summed E-state index contributed by atoms with van der Waals surface area (Å²) < 4.78 is 0. The lowest BCUT2D eigenvalue weighted by molar-refractivity contribution is 0.314. The minimum absolute atomic E-state index is 0.503. The van der Waals surface area contributed by atoms with Crippen molar-refractivity contribution in [2.24, 2.45) is 0 Å². The molecule has 2 heteroatoms. The van der Waals surface area contributed by atoms with Gasteiger partial charge in [-0.3, -0.25) is 4.90 Å². The molecule has 2 nitrogen and oxygen atoms in total. The second-order valence-electron chi connectivity index (χ2n) is 3.88. The summed E-state index contributed by atoms with van der Waals surface area (Å²) in [6.07, 6.45) is 0. The highest BCUT2D eigenvalue weighted by Crippen LogP contribution is 2.11. The molecule has 15 heavy (non-hydrogen) atoms. The number of rotatable bonds is 4. The van der Waals surface area contributed by atoms with Crippen LogP contribution in [-0.4, -0.2) is 18.0 Å². The second-order valence-corrected chi connectivity index (χ2v) is 3.88. The van der Waals surface area contributed by atoms with E-state index in [0.717, 1.165) is 13.1 Å². The summed E-state index contributed by atoms with van der Waals surface area (Å²) in [4.78, 5) is 2.13. The second kappa shape index (κ2) is 5.53. The number of nitriles is 1. The summed E-state index contributed by atoms with van der Waals surface area (Å²) in [6, 6.07) is 8.68. The Hall–Kier alpha value is -1.33. The van der Waals surface area contributed by atoms with Gasteiger partial charge in [-0.1, -0.05) is 25.1 Å². The van der Waals surface area contributed by atoms with Crippen molar-refractivity contribution in [2.75, 3.05) is 13.1 Å². The molecule has 0 bridgehead atoms. The third kappa shape index (κ3) is 3.38. The van der Waals surface area contributed by atoms with Crippen molar-refractivity contribution in [3.63, 3.8) is 0 Å². The monoisotopic (exact) mass is 202 g/mol. The van der Waals surface area contributed by atoms with E-state index in [-0.39, 0.29) is 0 Å². The van der Waals surface area contributed by atoms with Gasteiger partial charge >= 0.3 is 0 Å². The Balaban J connectivity index is 2.71. The summed E-state index contributed by atoms with van der Waals surface area (Å²) >= 11 is 0. The maximum Gasteiger partial charge on any atom is 0.0868 e. The van der Waals surface area contributed by atoms with Crippen LogP contribution in [0.5, 0.6) is 0 Å². The van der Waals surface area contributed by atoms with Crippen molar-refractivity contribution < 1.29 is 0 Å². The zero-order chi connectivity index (χ0) is 11.3. The molecule has 0 aliphatic carbocycles. The molecule has 0 aliphatic heterocycles. The van der Waals surface area contributed by atoms with E-state index >= 15 is 0 Å². The maximum absolute atomic E-state index is 8.65. The highest BCUT2D eigenvalue weighted by Gasteiger charge is 2.03. The highest BCUT2D eigenvalue weighted by molar-refractivity contribution is 5.29. The van der Waals surface area contributed by atoms with Gasteiger partial charge in [-0.2, -0.15) is 5.26 Å². The van der Waals surface area contributed by atoms with Gasteiger partial charge in [0, 0.05) is 6.54 Å². The molecule has 0 saturated carbocycles. The van der Waals surface area contributed by atoms with Gasteiger partial charge in [-0.25, -0.2) is 0 Å². The first kappa shape index (κ1) is 11.7. The fourth-order valence-corrected chi connectivity index (χ4v) is 1.54. The van der Waals surface area contributed by atoms with Crippen LogP contribution >= 0.6 is 0 Å². The Bertz CT molecular complexity index is 363. The molecule has 0 aromatic heterocycles. The molecule has 0 radical (unpaired) electrons. The molecule has 0 fully saturated rings. The van der Waals surface area contributed by atoms with Crippen molar-refractivity contribution >= 4 is 0 Å². The Kier molecular flexibility index (Phi) is 4.33. The van der Waals surface area contributed by atoms with E-state index in [1.165, 1.54) is 16.7 Å². The van der Waals surface area contributed by atoms with Crippen LogP contribution in [-0.2, 0) is 6.54 Å². The molecule has 0 N–H and O–H groups in total. The number of hydrogen-bond acceptors (Lipinski definition) is 2. The number of benzene rings is 1. The Morgan fingerprint density at radius 3 is 2.53 bits per heavy atom. The van der Waals surface area contributed by atoms with E-state index in [1.54, 1.807) is 0 Å². The fourth-order valence-electron chi connectivity index (χ4n) is 1.54. The normalized spacial score (nSPS) is 10.3. The molecule has 0 spiro atoms. The molecule has 0 heterocycles. The molecule has 0 aliphatic rings. The van der Waals surface area contributed by atoms with Crippen LogP contribution in [0.1, 0.15) is 23.6 Å². The molecular weight excluding hydrogens is 184 g/mol. The quantitative estimate of drug-likeness (QED) is 0.702. The average Bonchev–Trinajstić information content (AvgIpc) is 2.23. The lowest BCUT2D eigenvalue weighted by Crippen LogP contribution is -2.23. The Morgan fingerprint density at radius 2 is 2.00 bits per heavy atom. The fraction of sp³-hybridized carbons (Fsp3) is 0.462. The molecule has 0 amide bonds. The van der Waals surface area contributed by atoms with Crippen LogP contribution in [0.15, 0.2) is 18.2 Å². The first-order valence-electron chi connectivity index (χ1n) is 5.32. The largest absolute Gasteiger partial charge is 0.287 e. The predicted molar refractivity (Wildman–Crippen MR) is 62.5 cm³/mol. The topological polar surface area (TPSA) is 27.0 Å². The van der Waals surface area contributed by atoms with Crippen molar-refractivity contribution in [1.29, 1.82) is 5.26 Å². The highest BCUT2D eigenvalue weighted by atomic mass is 15.1. The van der Waals surface area contributed by atoms with Gasteiger partial charge in [0.15, 0.2) is 0 Å². The summed E-state index contributed by atoms with van der Waals surface area (Å²) in [5.41, 5.74) is 3.93. The van der Waals surface area contributed by atoms with E-state index < -0.39 is 0 Å². The van der Waals surface area contributed by atoms with E-state index in [0.29, 0.717) is 6.54 Å². The summed E-state index contributed by atoms with van der Waals surface area (Å²) in [7, 11) is 0. The third-order valence-electron chi connectivity index (χ3n) is 2.72. The van der Waals surface area contributed by atoms with Crippen LogP contribution in [0, 0.1) is 25.2 Å². The Labute approximate surface area is 92.1 Å². The third-order valence-corrected chi connectivity index (χ3v) is 2.72. The summed E-state index contributed by atoms with van der Waals surface area (Å²) in [6.45, 7) is 8.61. The molecule has 1 aromatic rings. The maximum atomic E-state index is 8.65. The first-order valence-corrected chi connectivity index (χ1v) is 5.32. The van der Waals surface area contributed by atoms with Gasteiger partial charge in [0.25, 0.3) is 0 Å². The van der Waals surface area contributed by atoms with Gasteiger partial charge in [0.2, 0.25) is 0 Å². The van der Waals surface area contributed by atoms with Crippen molar-refractivity contribution in [3.8, 4) is 6.07 Å². The van der Waals surface area contributed by atoms with Gasteiger partial charge in [0.05, 0.1) is 12.6 Å². The van der Waals surface area contributed by atoms with Gasteiger partial charge < -0.3 is 0 Å². The molecule has 0 atom stereocenters. The van der Waals surface area contributed by atoms with Crippen LogP contribution in [0.2, 0.25) is 0 Å². The van der Waals surface area contributed by atoms with E-state index in [1.807, 2.05) is 0 Å². The van der Waals surface area contributed by atoms with E-state index in [4.69, 9.17) is 5.26 Å². The average molecular weight is 202 g/mol. The molecule has 0 unspecified atom stereocenters. The van der Waals surface area contributed by atoms with E-state index in [2.05, 4.69) is 49.9 Å². The number of hydrogen-bond donors (Lipinski definition) is 0.